The maximum absolute atomic E-state index is 10.6. The van der Waals surface area contributed by atoms with E-state index in [1.165, 1.54) is 22.1 Å². The van der Waals surface area contributed by atoms with Crippen LogP contribution in [0.1, 0.15) is 4.88 Å². The fourth-order valence-corrected chi connectivity index (χ4v) is 3.84. The number of fused-ring (bicyclic) bond motifs is 1. The molecule has 0 bridgehead atoms. The van der Waals surface area contributed by atoms with Crippen molar-refractivity contribution < 1.29 is 9.53 Å². The molecule has 0 fully saturated rings. The average molecular weight is 316 g/mol. The Hall–Kier alpha value is -2.05. The highest BCUT2D eigenvalue weighted by molar-refractivity contribution is 8.01. The van der Waals surface area contributed by atoms with Gasteiger partial charge in [-0.05, 0) is 22.9 Å². The van der Waals surface area contributed by atoms with Gasteiger partial charge in [-0.1, -0.05) is 42.1 Å². The summed E-state index contributed by atoms with van der Waals surface area (Å²) in [5.74, 6) is 0. The number of nitrogens with two attached hydrogens (primary N) is 1. The number of thiazole rings is 1. The van der Waals surface area contributed by atoms with Crippen LogP contribution in [0.3, 0.4) is 0 Å². The number of hydrogen-bond donors (Lipinski definition) is 1. The van der Waals surface area contributed by atoms with Crippen LogP contribution in [0.2, 0.25) is 0 Å². The van der Waals surface area contributed by atoms with Gasteiger partial charge in [0.2, 0.25) is 0 Å². The van der Waals surface area contributed by atoms with Gasteiger partial charge in [0.15, 0.2) is 4.34 Å². The van der Waals surface area contributed by atoms with Gasteiger partial charge in [-0.3, -0.25) is 0 Å². The Labute approximate surface area is 129 Å². The van der Waals surface area contributed by atoms with E-state index in [1.54, 1.807) is 18.0 Å². The van der Waals surface area contributed by atoms with Gasteiger partial charge in [0.1, 0.15) is 6.61 Å². The van der Waals surface area contributed by atoms with Gasteiger partial charge in [-0.15, -0.1) is 11.3 Å². The van der Waals surface area contributed by atoms with Crippen molar-refractivity contribution in [1.82, 2.24) is 4.98 Å². The van der Waals surface area contributed by atoms with Gasteiger partial charge >= 0.3 is 6.09 Å². The molecule has 1 amide bonds. The maximum Gasteiger partial charge on any atom is 0.404 e. The molecule has 3 rings (SSSR count). The van der Waals surface area contributed by atoms with Crippen molar-refractivity contribution in [2.75, 3.05) is 0 Å². The minimum Gasteiger partial charge on any atom is -0.444 e. The van der Waals surface area contributed by atoms with Gasteiger partial charge in [0, 0.05) is 11.1 Å². The predicted molar refractivity (Wildman–Crippen MR) is 84.6 cm³/mol. The Morgan fingerprint density at radius 1 is 1.24 bits per heavy atom. The molecule has 0 unspecified atom stereocenters. The van der Waals surface area contributed by atoms with Crippen LogP contribution in [-0.4, -0.2) is 11.1 Å². The van der Waals surface area contributed by atoms with Gasteiger partial charge in [0.05, 0.1) is 4.88 Å². The van der Waals surface area contributed by atoms with Crippen LogP contribution in [-0.2, 0) is 11.3 Å². The molecule has 106 valence electrons. The van der Waals surface area contributed by atoms with Crippen molar-refractivity contribution in [2.24, 2.45) is 5.73 Å². The molecule has 2 aromatic carbocycles. The zero-order chi connectivity index (χ0) is 14.7. The van der Waals surface area contributed by atoms with Crippen LogP contribution in [0.4, 0.5) is 4.79 Å². The SMILES string of the molecule is NC(=O)OCc1cnc(Sc2ccc3ccccc3c2)s1. The molecule has 0 spiro atoms. The molecule has 0 atom stereocenters. The molecule has 0 aliphatic rings. The summed E-state index contributed by atoms with van der Waals surface area (Å²) in [7, 11) is 0. The Morgan fingerprint density at radius 3 is 2.86 bits per heavy atom. The summed E-state index contributed by atoms with van der Waals surface area (Å²) < 4.78 is 5.66. The molecule has 3 aromatic rings. The molecule has 0 aliphatic heterocycles. The number of carbonyl (C=O) groups excluding carboxylic acids is 1. The van der Waals surface area contributed by atoms with E-state index in [1.807, 2.05) is 12.1 Å². The monoisotopic (exact) mass is 316 g/mol. The molecule has 21 heavy (non-hydrogen) atoms. The first-order chi connectivity index (χ1) is 10.2. The summed E-state index contributed by atoms with van der Waals surface area (Å²) in [6.07, 6.45) is 0.934. The summed E-state index contributed by atoms with van der Waals surface area (Å²) in [5.41, 5.74) is 4.94. The molecule has 1 heterocycles. The third-order valence-corrected chi connectivity index (χ3v) is 4.85. The summed E-state index contributed by atoms with van der Waals surface area (Å²) in [6.45, 7) is 0.172. The lowest BCUT2D eigenvalue weighted by molar-refractivity contribution is 0.151. The molecule has 4 nitrogen and oxygen atoms in total. The van der Waals surface area contributed by atoms with E-state index in [2.05, 4.69) is 35.3 Å². The van der Waals surface area contributed by atoms with Crippen LogP contribution in [0.25, 0.3) is 10.8 Å². The molecule has 0 saturated heterocycles. The number of amides is 1. The second kappa shape index (κ2) is 6.15. The highest BCUT2D eigenvalue weighted by Crippen LogP contribution is 2.33. The maximum atomic E-state index is 10.6. The van der Waals surface area contributed by atoms with Crippen LogP contribution < -0.4 is 5.73 Å². The van der Waals surface area contributed by atoms with Crippen LogP contribution in [0.15, 0.2) is 57.9 Å². The summed E-state index contributed by atoms with van der Waals surface area (Å²) in [5, 5.41) is 2.42. The van der Waals surface area contributed by atoms with E-state index in [-0.39, 0.29) is 6.61 Å². The van der Waals surface area contributed by atoms with Crippen molar-refractivity contribution in [3.8, 4) is 0 Å². The minimum atomic E-state index is -0.771. The second-order valence-electron chi connectivity index (χ2n) is 4.31. The van der Waals surface area contributed by atoms with Gasteiger partial charge in [-0.25, -0.2) is 9.78 Å². The minimum absolute atomic E-state index is 0.172. The van der Waals surface area contributed by atoms with Crippen LogP contribution in [0, 0.1) is 0 Å². The number of nitrogens with zero attached hydrogens (tertiary/aromatic N) is 1. The Morgan fingerprint density at radius 2 is 2.05 bits per heavy atom. The van der Waals surface area contributed by atoms with Gasteiger partial charge in [0.25, 0.3) is 0 Å². The predicted octanol–water partition coefficient (Wildman–Crippen LogP) is 4.04. The first kappa shape index (κ1) is 13.9. The highest BCUT2D eigenvalue weighted by Gasteiger charge is 2.06. The number of rotatable bonds is 4. The Balaban J connectivity index is 1.74. The number of benzene rings is 2. The number of aromatic nitrogens is 1. The van der Waals surface area contributed by atoms with E-state index in [0.717, 1.165) is 14.1 Å². The lowest BCUT2D eigenvalue weighted by atomic mass is 10.1. The van der Waals surface area contributed by atoms with Crippen molar-refractivity contribution in [3.05, 3.63) is 53.5 Å². The Bertz CT molecular complexity index is 786. The Kier molecular flexibility index (Phi) is 4.08. The summed E-state index contributed by atoms with van der Waals surface area (Å²) in [4.78, 5) is 16.9. The van der Waals surface area contributed by atoms with Gasteiger partial charge < -0.3 is 10.5 Å². The summed E-state index contributed by atoms with van der Waals surface area (Å²) >= 11 is 3.09. The van der Waals surface area contributed by atoms with E-state index >= 15 is 0 Å². The van der Waals surface area contributed by atoms with E-state index in [4.69, 9.17) is 10.5 Å². The van der Waals surface area contributed by atoms with Gasteiger partial charge in [-0.2, -0.15) is 0 Å². The van der Waals surface area contributed by atoms with E-state index in [9.17, 15) is 4.79 Å². The van der Waals surface area contributed by atoms with E-state index in [0.29, 0.717) is 0 Å². The molecule has 0 saturated carbocycles. The smallest absolute Gasteiger partial charge is 0.404 e. The van der Waals surface area contributed by atoms with Crippen LogP contribution >= 0.6 is 23.1 Å². The molecular weight excluding hydrogens is 304 g/mol. The normalized spacial score (nSPS) is 10.7. The van der Waals surface area contributed by atoms with Crippen LogP contribution in [0.5, 0.6) is 0 Å². The third kappa shape index (κ3) is 3.53. The zero-order valence-corrected chi connectivity index (χ0v) is 12.6. The van der Waals surface area contributed by atoms with Crippen molar-refractivity contribution in [3.63, 3.8) is 0 Å². The molecule has 6 heteroatoms. The summed E-state index contributed by atoms with van der Waals surface area (Å²) in [6, 6.07) is 14.6. The lowest BCUT2D eigenvalue weighted by Crippen LogP contribution is -2.12. The quantitative estimate of drug-likeness (QED) is 0.789. The molecule has 2 N–H and O–H groups in total. The largest absolute Gasteiger partial charge is 0.444 e. The van der Waals surface area contributed by atoms with E-state index < -0.39 is 6.09 Å². The molecule has 0 aliphatic carbocycles. The number of hydrogen-bond acceptors (Lipinski definition) is 5. The second-order valence-corrected chi connectivity index (χ2v) is 6.75. The number of carbonyl (C=O) groups is 1. The first-order valence-electron chi connectivity index (χ1n) is 6.24. The molecular formula is C15H12N2O2S2. The standard InChI is InChI=1S/C15H12N2O2S2/c16-14(18)19-9-13-8-17-15(21-13)20-12-6-5-10-3-1-2-4-11(10)7-12/h1-8H,9H2,(H2,16,18). The van der Waals surface area contributed by atoms with Crippen molar-refractivity contribution in [2.45, 2.75) is 15.8 Å². The zero-order valence-electron chi connectivity index (χ0n) is 11.0. The topological polar surface area (TPSA) is 65.2 Å². The lowest BCUT2D eigenvalue weighted by Gasteiger charge is -2.01. The first-order valence-corrected chi connectivity index (χ1v) is 7.87. The third-order valence-electron chi connectivity index (χ3n) is 2.82. The van der Waals surface area contributed by atoms with Crippen molar-refractivity contribution >= 4 is 40.0 Å². The number of primary amides is 1. The van der Waals surface area contributed by atoms with Crippen molar-refractivity contribution in [1.29, 1.82) is 0 Å². The fraction of sp³-hybridized carbons (Fsp3) is 0.0667. The highest BCUT2D eigenvalue weighted by atomic mass is 32.2. The average Bonchev–Trinajstić information content (AvgIpc) is 2.92. The molecule has 1 aromatic heterocycles. The fourth-order valence-electron chi connectivity index (χ4n) is 1.88. The molecule has 0 radical (unpaired) electrons. The number of ether oxygens (including phenoxy) is 1.